The number of amides is 2. The lowest BCUT2D eigenvalue weighted by atomic mass is 10.0. The number of carbonyl (C=O) groups excluding carboxylic acids is 3. The Kier molecular flexibility index (Phi) is 5.75. The molecule has 1 aromatic carbocycles. The minimum atomic E-state index is -3.97. The van der Waals surface area contributed by atoms with Crippen LogP contribution in [-0.2, 0) is 29.0 Å². The molecule has 0 N–H and O–H groups in total. The monoisotopic (exact) mass is 407 g/mol. The number of ether oxygens (including phenoxy) is 1. The van der Waals surface area contributed by atoms with Gasteiger partial charge in [0.05, 0.1) is 18.2 Å². The van der Waals surface area contributed by atoms with E-state index >= 15 is 0 Å². The van der Waals surface area contributed by atoms with Crippen LogP contribution in [0.2, 0.25) is 10.0 Å². The topological polar surface area (TPSA) is 97.8 Å². The van der Waals surface area contributed by atoms with Gasteiger partial charge in [0.15, 0.2) is 15.1 Å². The normalized spacial score (nSPS) is 19.2. The quantitative estimate of drug-likeness (QED) is 0.545. The van der Waals surface area contributed by atoms with Gasteiger partial charge >= 0.3 is 5.97 Å². The number of anilines is 1. The first-order chi connectivity index (χ1) is 11.6. The SMILES string of the molecule is CCOC(=O)C(C1CC(=O)N(c2cc(Cl)cc(Cl)c2)C1=O)S(C)(=O)=O. The van der Waals surface area contributed by atoms with Crippen LogP contribution in [0.1, 0.15) is 13.3 Å². The number of sulfone groups is 1. The highest BCUT2D eigenvalue weighted by Gasteiger charge is 2.50. The molecule has 0 saturated carbocycles. The molecule has 2 unspecified atom stereocenters. The summed E-state index contributed by atoms with van der Waals surface area (Å²) in [4.78, 5) is 37.8. The van der Waals surface area contributed by atoms with Gasteiger partial charge in [-0.2, -0.15) is 0 Å². The van der Waals surface area contributed by atoms with Crippen LogP contribution in [-0.4, -0.2) is 44.3 Å². The third-order valence-electron chi connectivity index (χ3n) is 3.63. The average Bonchev–Trinajstić information content (AvgIpc) is 2.71. The van der Waals surface area contributed by atoms with Crippen LogP contribution in [0.4, 0.5) is 5.69 Å². The number of hydrogen-bond acceptors (Lipinski definition) is 6. The van der Waals surface area contributed by atoms with E-state index in [4.69, 9.17) is 27.9 Å². The molecule has 25 heavy (non-hydrogen) atoms. The van der Waals surface area contributed by atoms with Crippen molar-refractivity contribution < 1.29 is 27.5 Å². The molecule has 0 aliphatic carbocycles. The first-order valence-corrected chi connectivity index (χ1v) is 9.95. The van der Waals surface area contributed by atoms with E-state index in [-0.39, 0.29) is 22.3 Å². The van der Waals surface area contributed by atoms with Crippen molar-refractivity contribution in [3.05, 3.63) is 28.2 Å². The Bertz CT molecular complexity index is 818. The van der Waals surface area contributed by atoms with Crippen LogP contribution < -0.4 is 4.90 Å². The van der Waals surface area contributed by atoms with Crippen molar-refractivity contribution in [2.75, 3.05) is 17.8 Å². The molecule has 0 bridgehead atoms. The number of esters is 1. The molecule has 0 aromatic heterocycles. The molecule has 1 aliphatic heterocycles. The molecular formula is C15H15Cl2NO6S. The van der Waals surface area contributed by atoms with E-state index < -0.39 is 45.2 Å². The summed E-state index contributed by atoms with van der Waals surface area (Å²) in [5.74, 6) is -3.88. The molecular weight excluding hydrogens is 393 g/mol. The summed E-state index contributed by atoms with van der Waals surface area (Å²) in [6.07, 6.45) is 0.394. The van der Waals surface area contributed by atoms with Gasteiger partial charge in [0.2, 0.25) is 11.8 Å². The summed E-state index contributed by atoms with van der Waals surface area (Å²) in [5, 5.41) is -1.34. The second-order valence-corrected chi connectivity index (χ2v) is 8.55. The summed E-state index contributed by atoms with van der Waals surface area (Å²) >= 11 is 11.8. The summed E-state index contributed by atoms with van der Waals surface area (Å²) < 4.78 is 28.8. The molecule has 2 rings (SSSR count). The van der Waals surface area contributed by atoms with Gasteiger partial charge in [0.1, 0.15) is 0 Å². The minimum absolute atomic E-state index is 0.0483. The van der Waals surface area contributed by atoms with Crippen molar-refractivity contribution >= 4 is 56.5 Å². The van der Waals surface area contributed by atoms with Gasteiger partial charge in [-0.25, -0.2) is 8.42 Å². The van der Waals surface area contributed by atoms with E-state index in [1.165, 1.54) is 25.1 Å². The van der Waals surface area contributed by atoms with Crippen LogP contribution in [0.15, 0.2) is 18.2 Å². The van der Waals surface area contributed by atoms with Gasteiger partial charge < -0.3 is 4.74 Å². The second-order valence-electron chi connectivity index (χ2n) is 5.51. The van der Waals surface area contributed by atoms with E-state index in [1.807, 2.05) is 0 Å². The Balaban J connectivity index is 2.43. The van der Waals surface area contributed by atoms with Gasteiger partial charge in [0, 0.05) is 22.7 Å². The maximum Gasteiger partial charge on any atom is 0.325 e. The van der Waals surface area contributed by atoms with Crippen molar-refractivity contribution in [3.8, 4) is 0 Å². The molecule has 2 amide bonds. The van der Waals surface area contributed by atoms with Crippen molar-refractivity contribution in [1.82, 2.24) is 0 Å². The first kappa shape index (κ1) is 19.7. The van der Waals surface area contributed by atoms with Gasteiger partial charge in [-0.1, -0.05) is 23.2 Å². The smallest absolute Gasteiger partial charge is 0.325 e. The molecule has 1 heterocycles. The van der Waals surface area contributed by atoms with E-state index in [0.29, 0.717) is 0 Å². The fraction of sp³-hybridized carbons (Fsp3) is 0.400. The van der Waals surface area contributed by atoms with Crippen molar-refractivity contribution in [3.63, 3.8) is 0 Å². The second kappa shape index (κ2) is 7.31. The zero-order valence-corrected chi connectivity index (χ0v) is 15.7. The van der Waals surface area contributed by atoms with Gasteiger partial charge in [0.25, 0.3) is 0 Å². The van der Waals surface area contributed by atoms with E-state index in [9.17, 15) is 22.8 Å². The molecule has 1 aliphatic rings. The van der Waals surface area contributed by atoms with Crippen molar-refractivity contribution in [2.24, 2.45) is 5.92 Å². The summed E-state index contributed by atoms with van der Waals surface area (Å²) in [6.45, 7) is 1.46. The molecule has 0 radical (unpaired) electrons. The van der Waals surface area contributed by atoms with Crippen molar-refractivity contribution in [2.45, 2.75) is 18.6 Å². The maximum atomic E-state index is 12.7. The van der Waals surface area contributed by atoms with Crippen LogP contribution in [0.5, 0.6) is 0 Å². The third-order valence-corrected chi connectivity index (χ3v) is 5.51. The molecule has 10 heteroatoms. The number of hydrogen-bond donors (Lipinski definition) is 0. The Morgan fingerprint density at radius 2 is 1.84 bits per heavy atom. The van der Waals surface area contributed by atoms with Gasteiger partial charge in [-0.15, -0.1) is 0 Å². The summed E-state index contributed by atoms with van der Waals surface area (Å²) in [7, 11) is -3.97. The third kappa shape index (κ3) is 4.13. The highest BCUT2D eigenvalue weighted by atomic mass is 35.5. The molecule has 0 spiro atoms. The van der Waals surface area contributed by atoms with Crippen molar-refractivity contribution in [1.29, 1.82) is 0 Å². The summed E-state index contributed by atoms with van der Waals surface area (Å²) in [5.41, 5.74) is 0.117. The zero-order valence-electron chi connectivity index (χ0n) is 13.4. The maximum absolute atomic E-state index is 12.7. The minimum Gasteiger partial charge on any atom is -0.465 e. The molecule has 7 nitrogen and oxygen atoms in total. The molecule has 136 valence electrons. The highest BCUT2D eigenvalue weighted by Crippen LogP contribution is 2.34. The van der Waals surface area contributed by atoms with Crippen LogP contribution in [0, 0.1) is 5.92 Å². The van der Waals surface area contributed by atoms with Crippen LogP contribution in [0.3, 0.4) is 0 Å². The predicted octanol–water partition coefficient (Wildman–Crippen LogP) is 1.85. The van der Waals surface area contributed by atoms with E-state index in [2.05, 4.69) is 0 Å². The number of rotatable bonds is 5. The number of halogens is 2. The van der Waals surface area contributed by atoms with Gasteiger partial charge in [-0.3, -0.25) is 19.3 Å². The number of benzene rings is 1. The zero-order chi connectivity index (χ0) is 18.9. The highest BCUT2D eigenvalue weighted by molar-refractivity contribution is 7.92. The molecule has 1 fully saturated rings. The molecule has 2 atom stereocenters. The first-order valence-electron chi connectivity index (χ1n) is 7.24. The standard InChI is InChI=1S/C15H15Cl2NO6S/c1-3-24-15(21)13(25(2,22)23)11-7-12(19)18(14(11)20)10-5-8(16)4-9(17)6-10/h4-6,11,13H,3,7H2,1-2H3. The van der Waals surface area contributed by atoms with E-state index in [1.54, 1.807) is 0 Å². The lowest BCUT2D eigenvalue weighted by Gasteiger charge is -2.20. The lowest BCUT2D eigenvalue weighted by molar-refractivity contribution is -0.145. The Morgan fingerprint density at radius 1 is 1.28 bits per heavy atom. The number of imide groups is 1. The molecule has 1 saturated heterocycles. The van der Waals surface area contributed by atoms with Gasteiger partial charge in [-0.05, 0) is 25.1 Å². The Labute approximate surface area is 154 Å². The van der Waals surface area contributed by atoms with Crippen LogP contribution in [0.25, 0.3) is 0 Å². The molecule has 1 aromatic rings. The largest absolute Gasteiger partial charge is 0.465 e. The Hall–Kier alpha value is -1.64. The predicted molar refractivity (Wildman–Crippen MR) is 92.3 cm³/mol. The summed E-state index contributed by atoms with van der Waals surface area (Å²) in [6, 6.07) is 4.13. The fourth-order valence-corrected chi connectivity index (χ4v) is 4.44. The Morgan fingerprint density at radius 3 is 2.32 bits per heavy atom. The van der Waals surface area contributed by atoms with Crippen LogP contribution >= 0.6 is 23.2 Å². The number of carbonyl (C=O) groups is 3. The average molecular weight is 408 g/mol. The fourth-order valence-electron chi connectivity index (χ4n) is 2.69. The lowest BCUT2D eigenvalue weighted by Crippen LogP contribution is -2.42. The number of nitrogens with zero attached hydrogens (tertiary/aromatic N) is 1. The van der Waals surface area contributed by atoms with E-state index in [0.717, 1.165) is 11.2 Å².